The Kier molecular flexibility index (Phi) is 5.98. The van der Waals surface area contributed by atoms with E-state index in [-0.39, 0.29) is 5.75 Å². The van der Waals surface area contributed by atoms with E-state index in [4.69, 9.17) is 5.11 Å². The van der Waals surface area contributed by atoms with E-state index in [1.165, 1.54) is 32.4 Å². The molecular formula is C12H14N2O5S. The lowest BCUT2D eigenvalue weighted by molar-refractivity contribution is -0.140. The van der Waals surface area contributed by atoms with Crippen molar-refractivity contribution in [2.24, 2.45) is 0 Å². The number of amides is 1. The van der Waals surface area contributed by atoms with E-state index >= 15 is 0 Å². The number of hydrogen-bond donors (Lipinski definition) is 2. The van der Waals surface area contributed by atoms with Crippen molar-refractivity contribution < 1.29 is 24.2 Å². The van der Waals surface area contributed by atoms with Gasteiger partial charge in [-0.05, 0) is 12.1 Å². The zero-order valence-electron chi connectivity index (χ0n) is 11.0. The van der Waals surface area contributed by atoms with Crippen LogP contribution >= 0.6 is 11.8 Å². The first-order valence-corrected chi connectivity index (χ1v) is 6.59. The van der Waals surface area contributed by atoms with Crippen LogP contribution in [0.15, 0.2) is 23.4 Å². The Morgan fingerprint density at radius 3 is 2.75 bits per heavy atom. The van der Waals surface area contributed by atoms with Gasteiger partial charge in [-0.15, -0.1) is 11.8 Å². The van der Waals surface area contributed by atoms with E-state index in [1.807, 2.05) is 0 Å². The Bertz CT molecular complexity index is 520. The van der Waals surface area contributed by atoms with Crippen molar-refractivity contribution in [1.29, 1.82) is 0 Å². The molecule has 1 heterocycles. The number of nitrogens with one attached hydrogen (secondary N) is 1. The molecule has 0 fully saturated rings. The first-order chi connectivity index (χ1) is 9.43. The molecule has 7 nitrogen and oxygen atoms in total. The van der Waals surface area contributed by atoms with Gasteiger partial charge in [-0.1, -0.05) is 0 Å². The van der Waals surface area contributed by atoms with Gasteiger partial charge in [0.05, 0.1) is 17.7 Å². The standard InChI is InChI=1S/C12H14N2O5S/c1-7(15)14-9(11(16)17)6-20-10-5-8(3-4-13-10)12(18)19-2/h3-5,9H,6H2,1-2H3,(H,14,15)(H,16,17)/t9-/m0/s1. The van der Waals surface area contributed by atoms with Gasteiger partial charge in [0, 0.05) is 18.9 Å². The number of nitrogens with zero attached hydrogens (tertiary/aromatic N) is 1. The summed E-state index contributed by atoms with van der Waals surface area (Å²) in [7, 11) is 1.27. The fraction of sp³-hybridized carbons (Fsp3) is 0.333. The molecule has 0 radical (unpaired) electrons. The molecule has 1 aromatic heterocycles. The van der Waals surface area contributed by atoms with E-state index in [0.29, 0.717) is 10.6 Å². The number of pyridine rings is 1. The van der Waals surface area contributed by atoms with Crippen LogP contribution in [0.5, 0.6) is 0 Å². The minimum absolute atomic E-state index is 0.104. The van der Waals surface area contributed by atoms with Gasteiger partial charge in [-0.25, -0.2) is 14.6 Å². The van der Waals surface area contributed by atoms with Gasteiger partial charge in [0.1, 0.15) is 6.04 Å². The molecule has 0 aliphatic heterocycles. The van der Waals surface area contributed by atoms with Crippen LogP contribution in [0, 0.1) is 0 Å². The molecule has 0 unspecified atom stereocenters. The summed E-state index contributed by atoms with van der Waals surface area (Å²) < 4.78 is 4.58. The van der Waals surface area contributed by atoms with Gasteiger partial charge in [-0.2, -0.15) is 0 Å². The molecule has 0 aliphatic rings. The van der Waals surface area contributed by atoms with Crippen molar-refractivity contribution in [3.8, 4) is 0 Å². The van der Waals surface area contributed by atoms with E-state index in [0.717, 1.165) is 11.8 Å². The maximum Gasteiger partial charge on any atom is 0.337 e. The summed E-state index contributed by atoms with van der Waals surface area (Å²) in [6.45, 7) is 1.25. The van der Waals surface area contributed by atoms with Gasteiger partial charge in [0.2, 0.25) is 5.91 Å². The second-order valence-corrected chi connectivity index (χ2v) is 4.82. The van der Waals surface area contributed by atoms with Crippen LogP contribution in [0.2, 0.25) is 0 Å². The average molecular weight is 298 g/mol. The number of esters is 1. The van der Waals surface area contributed by atoms with Crippen molar-refractivity contribution >= 4 is 29.6 Å². The molecule has 0 aromatic carbocycles. The summed E-state index contributed by atoms with van der Waals surface area (Å²) in [6, 6.07) is 1.99. The van der Waals surface area contributed by atoms with Crippen LogP contribution in [-0.2, 0) is 14.3 Å². The van der Waals surface area contributed by atoms with Crippen molar-refractivity contribution in [1.82, 2.24) is 10.3 Å². The van der Waals surface area contributed by atoms with E-state index in [9.17, 15) is 14.4 Å². The zero-order chi connectivity index (χ0) is 15.1. The number of carbonyl (C=O) groups excluding carboxylic acids is 2. The number of methoxy groups -OCH3 is 1. The molecule has 1 atom stereocenters. The lowest BCUT2D eigenvalue weighted by Gasteiger charge is -2.12. The number of ether oxygens (including phenoxy) is 1. The second-order valence-electron chi connectivity index (χ2n) is 3.78. The van der Waals surface area contributed by atoms with Crippen LogP contribution in [-0.4, -0.2) is 46.8 Å². The van der Waals surface area contributed by atoms with Gasteiger partial charge < -0.3 is 15.2 Å². The fourth-order valence-corrected chi connectivity index (χ4v) is 2.23. The topological polar surface area (TPSA) is 106 Å². The third-order valence-electron chi connectivity index (χ3n) is 2.23. The Balaban J connectivity index is 2.70. The van der Waals surface area contributed by atoms with Gasteiger partial charge in [-0.3, -0.25) is 4.79 Å². The number of thioether (sulfide) groups is 1. The Morgan fingerprint density at radius 2 is 2.20 bits per heavy atom. The maximum absolute atomic E-state index is 11.3. The summed E-state index contributed by atoms with van der Waals surface area (Å²) in [5.41, 5.74) is 0.330. The summed E-state index contributed by atoms with van der Waals surface area (Å²) in [5, 5.41) is 11.8. The fourth-order valence-electron chi connectivity index (χ4n) is 1.32. The van der Waals surface area contributed by atoms with Gasteiger partial charge in [0.15, 0.2) is 0 Å². The number of aromatic nitrogens is 1. The Morgan fingerprint density at radius 1 is 1.50 bits per heavy atom. The summed E-state index contributed by atoms with van der Waals surface area (Å²) >= 11 is 1.13. The highest BCUT2D eigenvalue weighted by atomic mass is 32.2. The first-order valence-electron chi connectivity index (χ1n) is 5.61. The van der Waals surface area contributed by atoms with E-state index in [2.05, 4.69) is 15.0 Å². The molecule has 0 saturated heterocycles. The number of carboxylic acid groups (broad SMARTS) is 1. The molecule has 0 spiro atoms. The first kappa shape index (κ1) is 16.0. The highest BCUT2D eigenvalue weighted by Gasteiger charge is 2.19. The number of hydrogen-bond acceptors (Lipinski definition) is 6. The summed E-state index contributed by atoms with van der Waals surface area (Å²) in [6.07, 6.45) is 1.43. The maximum atomic E-state index is 11.3. The van der Waals surface area contributed by atoms with E-state index in [1.54, 1.807) is 0 Å². The monoisotopic (exact) mass is 298 g/mol. The molecule has 0 aliphatic carbocycles. The smallest absolute Gasteiger partial charge is 0.337 e. The normalized spacial score (nSPS) is 11.5. The molecule has 0 saturated carbocycles. The highest BCUT2D eigenvalue weighted by molar-refractivity contribution is 7.99. The van der Waals surface area contributed by atoms with Crippen LogP contribution in [0.25, 0.3) is 0 Å². The lowest BCUT2D eigenvalue weighted by atomic mass is 10.3. The third kappa shape index (κ3) is 4.88. The number of rotatable bonds is 6. The number of carboxylic acids is 1. The van der Waals surface area contributed by atoms with Crippen LogP contribution in [0.4, 0.5) is 0 Å². The lowest BCUT2D eigenvalue weighted by Crippen LogP contribution is -2.41. The second kappa shape index (κ2) is 7.49. The molecule has 0 bridgehead atoms. The van der Waals surface area contributed by atoms with Crippen LogP contribution in [0.1, 0.15) is 17.3 Å². The Hall–Kier alpha value is -2.09. The molecule has 1 rings (SSSR count). The SMILES string of the molecule is COC(=O)c1ccnc(SC[C@H](NC(C)=O)C(=O)O)c1. The molecule has 108 valence electrons. The van der Waals surface area contributed by atoms with Crippen molar-refractivity contribution in [2.45, 2.75) is 18.0 Å². The number of carbonyl (C=O) groups is 3. The molecule has 1 amide bonds. The van der Waals surface area contributed by atoms with Gasteiger partial charge in [0.25, 0.3) is 0 Å². The van der Waals surface area contributed by atoms with Crippen LogP contribution < -0.4 is 5.32 Å². The minimum Gasteiger partial charge on any atom is -0.480 e. The van der Waals surface area contributed by atoms with Gasteiger partial charge >= 0.3 is 11.9 Å². The number of aliphatic carboxylic acids is 1. The predicted molar refractivity (Wildman–Crippen MR) is 71.5 cm³/mol. The van der Waals surface area contributed by atoms with Crippen molar-refractivity contribution in [2.75, 3.05) is 12.9 Å². The summed E-state index contributed by atoms with van der Waals surface area (Å²) in [4.78, 5) is 37.2. The highest BCUT2D eigenvalue weighted by Crippen LogP contribution is 2.17. The summed E-state index contributed by atoms with van der Waals surface area (Å²) in [5.74, 6) is -1.94. The minimum atomic E-state index is -1.13. The van der Waals surface area contributed by atoms with Crippen molar-refractivity contribution in [3.05, 3.63) is 23.9 Å². The van der Waals surface area contributed by atoms with Crippen molar-refractivity contribution in [3.63, 3.8) is 0 Å². The third-order valence-corrected chi connectivity index (χ3v) is 3.25. The quantitative estimate of drug-likeness (QED) is 0.583. The molecular weight excluding hydrogens is 284 g/mol. The van der Waals surface area contributed by atoms with Crippen LogP contribution in [0.3, 0.4) is 0 Å². The molecule has 20 heavy (non-hydrogen) atoms. The zero-order valence-corrected chi connectivity index (χ0v) is 11.8. The molecule has 1 aromatic rings. The molecule has 2 N–H and O–H groups in total. The predicted octanol–water partition coefficient (Wildman–Crippen LogP) is 0.550. The molecule has 8 heteroatoms. The average Bonchev–Trinajstić information content (AvgIpc) is 2.42. The Labute approximate surface area is 119 Å². The van der Waals surface area contributed by atoms with E-state index < -0.39 is 23.9 Å². The largest absolute Gasteiger partial charge is 0.480 e.